The Hall–Kier alpha value is -7.11. The molecule has 0 bridgehead atoms. The van der Waals surface area contributed by atoms with E-state index >= 15 is 0 Å². The SMILES string of the molecule is c1ccc(-c2nc(-c3ccc4ccccc4c3)nc(-c3ccc4c(c3)oc3c(-n5c6ccccc6c6cc7ccccc7cc65)cccc34)n2)cc1. The lowest BCUT2D eigenvalue weighted by Gasteiger charge is -2.09. The van der Waals surface area contributed by atoms with E-state index in [1.165, 1.54) is 26.9 Å². The Kier molecular flexibility index (Phi) is 6.18. The number of furan rings is 1. The molecule has 5 nitrogen and oxygen atoms in total. The third-order valence-electron chi connectivity index (χ3n) is 10.2. The van der Waals surface area contributed by atoms with Gasteiger partial charge in [-0.2, -0.15) is 0 Å². The summed E-state index contributed by atoms with van der Waals surface area (Å²) in [4.78, 5) is 15.0. The van der Waals surface area contributed by atoms with Gasteiger partial charge in [-0.25, -0.2) is 15.0 Å². The van der Waals surface area contributed by atoms with Crippen LogP contribution >= 0.6 is 0 Å². The van der Waals surface area contributed by atoms with Gasteiger partial charge in [0.1, 0.15) is 5.58 Å². The normalized spacial score (nSPS) is 11.8. The molecule has 52 heavy (non-hydrogen) atoms. The van der Waals surface area contributed by atoms with Crippen molar-refractivity contribution in [3.8, 4) is 39.9 Å². The van der Waals surface area contributed by atoms with Crippen molar-refractivity contribution in [2.24, 2.45) is 0 Å². The number of nitrogens with zero attached hydrogens (tertiary/aromatic N) is 4. The fraction of sp³-hybridized carbons (Fsp3) is 0. The molecule has 0 saturated carbocycles. The van der Waals surface area contributed by atoms with Crippen molar-refractivity contribution in [1.82, 2.24) is 19.5 Å². The number of para-hydroxylation sites is 2. The van der Waals surface area contributed by atoms with Crippen molar-refractivity contribution in [2.75, 3.05) is 0 Å². The van der Waals surface area contributed by atoms with E-state index in [0.717, 1.165) is 60.7 Å². The minimum absolute atomic E-state index is 0.592. The van der Waals surface area contributed by atoms with Crippen LogP contribution in [0.5, 0.6) is 0 Å². The molecule has 0 radical (unpaired) electrons. The van der Waals surface area contributed by atoms with Gasteiger partial charge in [-0.15, -0.1) is 0 Å². The molecule has 0 aliphatic heterocycles. The van der Waals surface area contributed by atoms with E-state index in [-0.39, 0.29) is 0 Å². The molecule has 11 rings (SSSR count). The second-order valence-corrected chi connectivity index (χ2v) is 13.3. The molecule has 3 heterocycles. The van der Waals surface area contributed by atoms with Crippen molar-refractivity contribution in [1.29, 1.82) is 0 Å². The highest BCUT2D eigenvalue weighted by Crippen LogP contribution is 2.40. The largest absolute Gasteiger partial charge is 0.454 e. The molecule has 242 valence electrons. The summed E-state index contributed by atoms with van der Waals surface area (Å²) in [5.74, 6) is 1.84. The van der Waals surface area contributed by atoms with E-state index in [0.29, 0.717) is 17.5 Å². The molecule has 5 heteroatoms. The molecule has 0 unspecified atom stereocenters. The highest BCUT2D eigenvalue weighted by atomic mass is 16.3. The van der Waals surface area contributed by atoms with E-state index in [2.05, 4.69) is 144 Å². The Labute approximate surface area is 298 Å². The van der Waals surface area contributed by atoms with Gasteiger partial charge in [0.25, 0.3) is 0 Å². The van der Waals surface area contributed by atoms with Gasteiger partial charge in [0, 0.05) is 38.2 Å². The smallest absolute Gasteiger partial charge is 0.164 e. The molecule has 0 spiro atoms. The number of hydrogen-bond donors (Lipinski definition) is 0. The number of rotatable bonds is 4. The van der Waals surface area contributed by atoms with Crippen molar-refractivity contribution < 1.29 is 4.42 Å². The summed E-state index contributed by atoms with van der Waals surface area (Å²) >= 11 is 0. The zero-order valence-electron chi connectivity index (χ0n) is 27.9. The van der Waals surface area contributed by atoms with Gasteiger partial charge in [-0.3, -0.25) is 0 Å². The molecular weight excluding hydrogens is 637 g/mol. The van der Waals surface area contributed by atoms with Crippen LogP contribution in [0.25, 0.3) is 105 Å². The lowest BCUT2D eigenvalue weighted by Crippen LogP contribution is -2.00. The summed E-state index contributed by atoms with van der Waals surface area (Å²) in [7, 11) is 0. The minimum Gasteiger partial charge on any atom is -0.454 e. The summed E-state index contributed by atoms with van der Waals surface area (Å²) in [6, 6.07) is 59.2. The van der Waals surface area contributed by atoms with Crippen molar-refractivity contribution in [3.63, 3.8) is 0 Å². The molecule has 0 fully saturated rings. The maximum Gasteiger partial charge on any atom is 0.164 e. The number of fused-ring (bicyclic) bond motifs is 8. The Morgan fingerprint density at radius 1 is 0.365 bits per heavy atom. The first-order valence-corrected chi connectivity index (χ1v) is 17.4. The van der Waals surface area contributed by atoms with Crippen LogP contribution in [0.1, 0.15) is 0 Å². The number of hydrogen-bond acceptors (Lipinski definition) is 4. The number of aromatic nitrogens is 4. The molecule has 0 aliphatic rings. The van der Waals surface area contributed by atoms with Gasteiger partial charge < -0.3 is 8.98 Å². The van der Waals surface area contributed by atoms with Crippen LogP contribution < -0.4 is 0 Å². The van der Waals surface area contributed by atoms with E-state index < -0.39 is 0 Å². The molecule has 0 amide bonds. The van der Waals surface area contributed by atoms with Crippen LogP contribution in [0.2, 0.25) is 0 Å². The molecular formula is C47H28N4O. The van der Waals surface area contributed by atoms with Gasteiger partial charge >= 0.3 is 0 Å². The zero-order valence-corrected chi connectivity index (χ0v) is 27.9. The first kappa shape index (κ1) is 28.7. The molecule has 0 atom stereocenters. The molecule has 0 N–H and O–H groups in total. The van der Waals surface area contributed by atoms with Crippen LogP contribution in [0.15, 0.2) is 174 Å². The predicted molar refractivity (Wildman–Crippen MR) is 213 cm³/mol. The first-order chi connectivity index (χ1) is 25.7. The van der Waals surface area contributed by atoms with Crippen LogP contribution in [-0.4, -0.2) is 19.5 Å². The third kappa shape index (κ3) is 4.46. The second kappa shape index (κ2) is 11.2. The van der Waals surface area contributed by atoms with Gasteiger partial charge in [-0.05, 0) is 64.0 Å². The van der Waals surface area contributed by atoms with Crippen LogP contribution in [0.3, 0.4) is 0 Å². The minimum atomic E-state index is 0.592. The molecule has 8 aromatic carbocycles. The Bertz CT molecular complexity index is 3190. The van der Waals surface area contributed by atoms with E-state index in [4.69, 9.17) is 19.4 Å². The molecule has 3 aromatic heterocycles. The predicted octanol–water partition coefficient (Wildman–Crippen LogP) is 12.2. The van der Waals surface area contributed by atoms with Crippen molar-refractivity contribution in [3.05, 3.63) is 170 Å². The van der Waals surface area contributed by atoms with Crippen LogP contribution in [0.4, 0.5) is 0 Å². The van der Waals surface area contributed by atoms with E-state index in [9.17, 15) is 0 Å². The Morgan fingerprint density at radius 3 is 1.79 bits per heavy atom. The average molecular weight is 665 g/mol. The van der Waals surface area contributed by atoms with Crippen molar-refractivity contribution in [2.45, 2.75) is 0 Å². The fourth-order valence-electron chi connectivity index (χ4n) is 7.69. The van der Waals surface area contributed by atoms with E-state index in [1.54, 1.807) is 0 Å². The third-order valence-corrected chi connectivity index (χ3v) is 10.2. The topological polar surface area (TPSA) is 56.7 Å². The average Bonchev–Trinajstić information content (AvgIpc) is 3.75. The van der Waals surface area contributed by atoms with Gasteiger partial charge in [0.2, 0.25) is 0 Å². The summed E-state index contributed by atoms with van der Waals surface area (Å²) in [5, 5.41) is 9.27. The quantitative estimate of drug-likeness (QED) is 0.188. The first-order valence-electron chi connectivity index (χ1n) is 17.4. The van der Waals surface area contributed by atoms with Gasteiger partial charge in [0.05, 0.1) is 16.7 Å². The lowest BCUT2D eigenvalue weighted by atomic mass is 10.1. The lowest BCUT2D eigenvalue weighted by molar-refractivity contribution is 0.666. The van der Waals surface area contributed by atoms with E-state index in [1.807, 2.05) is 30.3 Å². The van der Waals surface area contributed by atoms with Gasteiger partial charge in [-0.1, -0.05) is 127 Å². The standard InChI is InChI=1S/C47H28N4O/c1-2-12-30(13-3-1)45-48-46(34-22-21-29-11-4-5-14-31(29)25-34)50-47(49-45)35-23-24-37-38-18-10-20-41(44(38)52-43(37)28-35)51-40-19-9-8-17-36(40)39-26-32-15-6-7-16-33(32)27-42(39)51/h1-28H. The summed E-state index contributed by atoms with van der Waals surface area (Å²) in [5.41, 5.74) is 7.63. The second-order valence-electron chi connectivity index (χ2n) is 13.3. The summed E-state index contributed by atoms with van der Waals surface area (Å²) in [6.07, 6.45) is 0. The maximum atomic E-state index is 6.84. The monoisotopic (exact) mass is 664 g/mol. The van der Waals surface area contributed by atoms with Crippen LogP contribution in [0, 0.1) is 0 Å². The van der Waals surface area contributed by atoms with Crippen LogP contribution in [-0.2, 0) is 0 Å². The Balaban J connectivity index is 1.11. The highest BCUT2D eigenvalue weighted by Gasteiger charge is 2.19. The number of benzene rings is 8. The molecule has 0 aliphatic carbocycles. The highest BCUT2D eigenvalue weighted by molar-refractivity contribution is 6.15. The fourth-order valence-corrected chi connectivity index (χ4v) is 7.69. The van der Waals surface area contributed by atoms with Gasteiger partial charge in [0.15, 0.2) is 23.1 Å². The zero-order chi connectivity index (χ0) is 34.2. The summed E-state index contributed by atoms with van der Waals surface area (Å²) in [6.45, 7) is 0. The molecule has 11 aromatic rings. The van der Waals surface area contributed by atoms with Crippen molar-refractivity contribution >= 4 is 65.3 Å². The Morgan fingerprint density at radius 2 is 0.981 bits per heavy atom. The maximum absolute atomic E-state index is 6.84. The molecule has 0 saturated heterocycles. The summed E-state index contributed by atoms with van der Waals surface area (Å²) < 4.78 is 9.18.